The number of rotatable bonds is 8. The zero-order valence-electron chi connectivity index (χ0n) is 31.8. The van der Waals surface area contributed by atoms with Gasteiger partial charge in [-0.25, -0.2) is 0 Å². The van der Waals surface area contributed by atoms with Gasteiger partial charge in [-0.2, -0.15) is 12.1 Å². The molecular weight excluding hydrogens is 791 g/mol. The van der Waals surface area contributed by atoms with Crippen molar-refractivity contribution in [1.82, 2.24) is 0 Å². The van der Waals surface area contributed by atoms with Crippen molar-refractivity contribution in [3.63, 3.8) is 0 Å². The molecule has 4 heteroatoms. The SMILES string of the molecule is CCCc1cc2c(-c3ccccc3)ccc(-c3ccccc3)c2[cH-]1.CCCc1cc2c(-c3ccccc3)ccc(-c3ccccc3)c2[cH-]1.C[Si]C.[Cl][Zr+2][Cl]. The van der Waals surface area contributed by atoms with Crippen molar-refractivity contribution >= 4 is 48.1 Å². The van der Waals surface area contributed by atoms with Crippen LogP contribution in [0.5, 0.6) is 0 Å². The minimum absolute atomic E-state index is 0.826. The Morgan fingerprint density at radius 2 is 0.704 bits per heavy atom. The van der Waals surface area contributed by atoms with E-state index < -0.39 is 20.8 Å². The molecule has 0 aliphatic carbocycles. The molecule has 0 unspecified atom stereocenters. The Morgan fingerprint density at radius 3 is 0.981 bits per heavy atom. The summed E-state index contributed by atoms with van der Waals surface area (Å²) in [5, 5.41) is 5.47. The molecule has 0 spiro atoms. The van der Waals surface area contributed by atoms with Gasteiger partial charge in [0.15, 0.2) is 0 Å². The summed E-state index contributed by atoms with van der Waals surface area (Å²) in [6.07, 6.45) is 4.63. The fourth-order valence-corrected chi connectivity index (χ4v) is 7.06. The molecule has 0 aliphatic rings. The van der Waals surface area contributed by atoms with Gasteiger partial charge in [0.1, 0.15) is 0 Å². The van der Waals surface area contributed by atoms with Gasteiger partial charge in [0.25, 0.3) is 0 Å². The number of hydrogen-bond acceptors (Lipinski definition) is 0. The molecule has 0 N–H and O–H groups in total. The van der Waals surface area contributed by atoms with Crippen molar-refractivity contribution in [1.29, 1.82) is 0 Å². The van der Waals surface area contributed by atoms with Crippen LogP contribution in [0.2, 0.25) is 13.1 Å². The van der Waals surface area contributed by atoms with E-state index in [2.05, 4.69) is 197 Å². The summed E-state index contributed by atoms with van der Waals surface area (Å²) in [6.45, 7) is 8.79. The van der Waals surface area contributed by atoms with Crippen LogP contribution in [0.15, 0.2) is 170 Å². The van der Waals surface area contributed by atoms with Crippen LogP contribution in [0.3, 0.4) is 0 Å². The average Bonchev–Trinajstić information content (AvgIpc) is 3.84. The standard InChI is InChI=1S/2C24H21.C2H6Si.2ClH.Zr/c2*1-2-9-18-16-23-21(19-10-5-3-6-11-19)14-15-22(24(23)17-18)20-12-7-4-8-13-20;1-3-2;;;/h2*3-8,10-17H,2,9H2,1H3;1-2H3;2*1H;/q2*-1;;;;+4/p-2. The van der Waals surface area contributed by atoms with Gasteiger partial charge in [-0.05, 0) is 24.0 Å². The summed E-state index contributed by atoms with van der Waals surface area (Å²) < 4.78 is 0. The molecule has 0 bridgehead atoms. The van der Waals surface area contributed by atoms with Gasteiger partial charge in [0.05, 0.1) is 0 Å². The Morgan fingerprint density at radius 1 is 0.444 bits per heavy atom. The first kappa shape index (κ1) is 41.4. The van der Waals surface area contributed by atoms with Crippen LogP contribution < -0.4 is 0 Å². The van der Waals surface area contributed by atoms with Gasteiger partial charge in [-0.15, -0.1) is 44.8 Å². The number of halogens is 2. The van der Waals surface area contributed by atoms with Crippen molar-refractivity contribution in [3.05, 3.63) is 181 Å². The Labute approximate surface area is 344 Å². The summed E-state index contributed by atoms with van der Waals surface area (Å²) >= 11 is -0.826. The molecule has 0 aromatic heterocycles. The van der Waals surface area contributed by atoms with Crippen LogP contribution in [0.25, 0.3) is 66.1 Å². The summed E-state index contributed by atoms with van der Waals surface area (Å²) in [6, 6.07) is 61.4. The first-order valence-electron chi connectivity index (χ1n) is 18.8. The fourth-order valence-electron chi connectivity index (χ4n) is 7.06. The van der Waals surface area contributed by atoms with Gasteiger partial charge in [0, 0.05) is 9.52 Å². The van der Waals surface area contributed by atoms with E-state index in [0.717, 1.165) is 22.4 Å². The third-order valence-electron chi connectivity index (χ3n) is 9.31. The zero-order valence-corrected chi connectivity index (χ0v) is 36.7. The Hall–Kier alpha value is -3.78. The summed E-state index contributed by atoms with van der Waals surface area (Å²) in [5.74, 6) is 0. The molecule has 0 aliphatic heterocycles. The molecule has 2 radical (unpaired) electrons. The maximum atomic E-state index is 4.93. The second kappa shape index (κ2) is 21.9. The van der Waals surface area contributed by atoms with Crippen LogP contribution in [0.4, 0.5) is 0 Å². The molecule has 54 heavy (non-hydrogen) atoms. The minimum atomic E-state index is -0.826. The predicted molar refractivity (Wildman–Crippen MR) is 238 cm³/mol. The third kappa shape index (κ3) is 10.7. The second-order valence-electron chi connectivity index (χ2n) is 13.2. The summed E-state index contributed by atoms with van der Waals surface area (Å²) in [5.41, 5.74) is 13.3. The quantitative estimate of drug-likeness (QED) is 0.106. The molecule has 8 rings (SSSR count). The molecule has 0 saturated carbocycles. The van der Waals surface area contributed by atoms with Gasteiger partial charge >= 0.3 is 37.9 Å². The van der Waals surface area contributed by atoms with Crippen LogP contribution in [-0.2, 0) is 33.7 Å². The molecule has 0 atom stereocenters. The number of benzene rings is 6. The summed E-state index contributed by atoms with van der Waals surface area (Å²) in [4.78, 5) is 0. The Bertz CT molecular complexity index is 1960. The monoisotopic (exact) mass is 836 g/mol. The van der Waals surface area contributed by atoms with E-state index >= 15 is 0 Å². The Balaban J connectivity index is 0.000000182. The van der Waals surface area contributed by atoms with Gasteiger partial charge < -0.3 is 0 Å². The van der Waals surface area contributed by atoms with Crippen molar-refractivity contribution in [2.45, 2.75) is 52.6 Å². The van der Waals surface area contributed by atoms with Crippen LogP contribution in [0.1, 0.15) is 37.8 Å². The van der Waals surface area contributed by atoms with E-state index in [1.54, 1.807) is 0 Å². The van der Waals surface area contributed by atoms with Gasteiger partial charge in [-0.3, -0.25) is 0 Å². The van der Waals surface area contributed by atoms with E-state index in [1.165, 1.54) is 90.0 Å². The van der Waals surface area contributed by atoms with E-state index in [-0.39, 0.29) is 0 Å². The predicted octanol–water partition coefficient (Wildman–Crippen LogP) is 15.9. The molecule has 270 valence electrons. The van der Waals surface area contributed by atoms with E-state index in [4.69, 9.17) is 17.0 Å². The number of fused-ring (bicyclic) bond motifs is 2. The number of aryl methyl sites for hydroxylation is 2. The first-order valence-corrected chi connectivity index (χ1v) is 27.1. The molecule has 8 aromatic carbocycles. The fraction of sp³-hybridized carbons (Fsp3) is 0.160. The number of hydrogen-bond donors (Lipinski definition) is 0. The van der Waals surface area contributed by atoms with Gasteiger partial charge in [0.2, 0.25) is 0 Å². The van der Waals surface area contributed by atoms with Crippen LogP contribution in [0, 0.1) is 0 Å². The molecule has 0 saturated heterocycles. The molecule has 0 amide bonds. The van der Waals surface area contributed by atoms with E-state index in [1.807, 2.05) is 0 Å². The van der Waals surface area contributed by atoms with E-state index in [9.17, 15) is 0 Å². The second-order valence-corrected chi connectivity index (χ2v) is 18.0. The molecule has 0 nitrogen and oxygen atoms in total. The van der Waals surface area contributed by atoms with Crippen molar-refractivity contribution in [3.8, 4) is 44.5 Å². The molecule has 0 fully saturated rings. The van der Waals surface area contributed by atoms with E-state index in [0.29, 0.717) is 0 Å². The summed E-state index contributed by atoms with van der Waals surface area (Å²) in [7, 11) is 11.0. The van der Waals surface area contributed by atoms with Gasteiger partial charge in [-0.1, -0.05) is 219 Å². The molecule has 8 aromatic rings. The van der Waals surface area contributed by atoms with Crippen molar-refractivity contribution in [2.75, 3.05) is 0 Å². The average molecular weight is 839 g/mol. The normalized spacial score (nSPS) is 10.3. The molecular formula is C50H48Cl2SiZr. The van der Waals surface area contributed by atoms with Crippen molar-refractivity contribution < 1.29 is 20.8 Å². The third-order valence-corrected chi connectivity index (χ3v) is 9.31. The topological polar surface area (TPSA) is 0 Å². The van der Waals surface area contributed by atoms with Crippen molar-refractivity contribution in [2.24, 2.45) is 0 Å². The maximum absolute atomic E-state index is 4.93. The zero-order chi connectivity index (χ0) is 38.1. The first-order chi connectivity index (χ1) is 26.6. The van der Waals surface area contributed by atoms with Crippen LogP contribution in [-0.4, -0.2) is 9.52 Å². The van der Waals surface area contributed by atoms with Crippen LogP contribution >= 0.6 is 17.0 Å². The molecule has 0 heterocycles. The Kier molecular flexibility index (Phi) is 16.8.